The third-order valence-electron chi connectivity index (χ3n) is 4.26. The van der Waals surface area contributed by atoms with Crippen LogP contribution in [0.4, 0.5) is 11.8 Å². The summed E-state index contributed by atoms with van der Waals surface area (Å²) in [5, 5.41) is 12.6. The fraction of sp³-hybridized carbons (Fsp3) is 0.438. The molecular formula is C16H23N7S. The lowest BCUT2D eigenvalue weighted by molar-refractivity contribution is 0.228. The predicted octanol–water partition coefficient (Wildman–Crippen LogP) is 2.50. The molecule has 3 aromatic heterocycles. The van der Waals surface area contributed by atoms with Crippen molar-refractivity contribution >= 4 is 34.1 Å². The highest BCUT2D eigenvalue weighted by Gasteiger charge is 2.19. The number of aromatic nitrogens is 4. The van der Waals surface area contributed by atoms with Gasteiger partial charge in [0.05, 0.1) is 17.6 Å². The fourth-order valence-corrected chi connectivity index (χ4v) is 3.60. The fourth-order valence-electron chi connectivity index (χ4n) is 2.90. The van der Waals surface area contributed by atoms with E-state index in [-0.39, 0.29) is 6.04 Å². The molecule has 0 spiro atoms. The minimum absolute atomic E-state index is 0.276. The first kappa shape index (κ1) is 16.7. The number of nitrogen functional groups attached to an aromatic ring is 1. The number of hydrogen-bond donors (Lipinski definition) is 2. The van der Waals surface area contributed by atoms with Gasteiger partial charge in [-0.05, 0) is 35.5 Å². The normalized spacial score (nSPS) is 12.8. The Balaban J connectivity index is 1.83. The molecule has 8 heteroatoms. The topological polar surface area (TPSA) is 84.9 Å². The Labute approximate surface area is 145 Å². The summed E-state index contributed by atoms with van der Waals surface area (Å²) in [7, 11) is 1.85. The molecule has 3 rings (SSSR count). The SMILES string of the molecule is CCN(CC)C(CNc1nc(N)c2cnn(C)c2n1)c1ccsc1. The second-order valence-corrected chi connectivity index (χ2v) is 6.39. The van der Waals surface area contributed by atoms with Gasteiger partial charge in [0.2, 0.25) is 5.95 Å². The van der Waals surface area contributed by atoms with Crippen molar-refractivity contribution in [3.05, 3.63) is 28.6 Å². The maximum absolute atomic E-state index is 6.03. The first-order valence-corrected chi connectivity index (χ1v) is 9.03. The number of hydrogen-bond acceptors (Lipinski definition) is 7. The average Bonchev–Trinajstić information content (AvgIpc) is 3.22. The van der Waals surface area contributed by atoms with Gasteiger partial charge < -0.3 is 11.1 Å². The van der Waals surface area contributed by atoms with E-state index in [1.807, 2.05) is 7.05 Å². The molecule has 3 heterocycles. The third kappa shape index (κ3) is 3.20. The van der Waals surface area contributed by atoms with Crippen LogP contribution in [0.5, 0.6) is 0 Å². The molecule has 3 aromatic rings. The summed E-state index contributed by atoms with van der Waals surface area (Å²) in [6, 6.07) is 2.45. The van der Waals surface area contributed by atoms with Gasteiger partial charge in [0.15, 0.2) is 5.65 Å². The Morgan fingerprint density at radius 1 is 1.33 bits per heavy atom. The van der Waals surface area contributed by atoms with Crippen LogP contribution in [0.15, 0.2) is 23.0 Å². The van der Waals surface area contributed by atoms with Gasteiger partial charge in [-0.1, -0.05) is 13.8 Å². The van der Waals surface area contributed by atoms with Crippen molar-refractivity contribution in [2.75, 3.05) is 30.7 Å². The molecule has 24 heavy (non-hydrogen) atoms. The second kappa shape index (κ2) is 7.14. The lowest BCUT2D eigenvalue weighted by Crippen LogP contribution is -2.33. The molecule has 7 nitrogen and oxygen atoms in total. The quantitative estimate of drug-likeness (QED) is 0.684. The number of nitrogens with one attached hydrogen (secondary N) is 1. The first-order valence-electron chi connectivity index (χ1n) is 8.09. The molecule has 0 saturated carbocycles. The van der Waals surface area contributed by atoms with Gasteiger partial charge in [0.25, 0.3) is 0 Å². The van der Waals surface area contributed by atoms with Gasteiger partial charge in [-0.25, -0.2) is 0 Å². The van der Waals surface area contributed by atoms with E-state index >= 15 is 0 Å². The van der Waals surface area contributed by atoms with Crippen molar-refractivity contribution in [3.8, 4) is 0 Å². The van der Waals surface area contributed by atoms with Crippen LogP contribution in [0.2, 0.25) is 0 Å². The minimum atomic E-state index is 0.276. The predicted molar refractivity (Wildman–Crippen MR) is 99.2 cm³/mol. The van der Waals surface area contributed by atoms with Crippen LogP contribution in [-0.2, 0) is 7.05 Å². The Bertz CT molecular complexity index is 792. The highest BCUT2D eigenvalue weighted by molar-refractivity contribution is 7.07. The summed E-state index contributed by atoms with van der Waals surface area (Å²) in [6.07, 6.45) is 1.69. The van der Waals surface area contributed by atoms with Gasteiger partial charge in [-0.15, -0.1) is 0 Å². The van der Waals surface area contributed by atoms with Crippen molar-refractivity contribution in [1.29, 1.82) is 0 Å². The zero-order valence-electron chi connectivity index (χ0n) is 14.2. The van der Waals surface area contributed by atoms with Crippen molar-refractivity contribution in [2.45, 2.75) is 19.9 Å². The Kier molecular flexibility index (Phi) is 4.96. The van der Waals surface area contributed by atoms with E-state index in [0.29, 0.717) is 11.8 Å². The van der Waals surface area contributed by atoms with Gasteiger partial charge in [0, 0.05) is 13.6 Å². The number of anilines is 2. The van der Waals surface area contributed by atoms with Crippen molar-refractivity contribution < 1.29 is 0 Å². The van der Waals surface area contributed by atoms with Crippen LogP contribution in [0, 0.1) is 0 Å². The molecule has 0 fully saturated rings. The summed E-state index contributed by atoms with van der Waals surface area (Å²) in [4.78, 5) is 11.3. The summed E-state index contributed by atoms with van der Waals surface area (Å²) < 4.78 is 1.71. The lowest BCUT2D eigenvalue weighted by Gasteiger charge is -2.29. The summed E-state index contributed by atoms with van der Waals surface area (Å²) in [5.41, 5.74) is 8.08. The molecule has 1 atom stereocenters. The highest BCUT2D eigenvalue weighted by atomic mass is 32.1. The molecule has 1 unspecified atom stereocenters. The zero-order valence-corrected chi connectivity index (χ0v) is 15.0. The Morgan fingerprint density at radius 3 is 2.79 bits per heavy atom. The largest absolute Gasteiger partial charge is 0.383 e. The van der Waals surface area contributed by atoms with E-state index in [1.54, 1.807) is 22.2 Å². The Morgan fingerprint density at radius 2 is 2.12 bits per heavy atom. The molecule has 0 aliphatic carbocycles. The number of aryl methyl sites for hydroxylation is 1. The molecule has 0 aliphatic rings. The number of rotatable bonds is 7. The molecule has 0 bridgehead atoms. The summed E-state index contributed by atoms with van der Waals surface area (Å²) in [5.74, 6) is 0.988. The molecule has 0 aromatic carbocycles. The standard InChI is InChI=1S/C16H23N7S/c1-4-23(5-2)13(11-6-7-24-10-11)9-18-16-20-14(17)12-8-19-22(3)15(12)21-16/h6-8,10,13H,4-5,9H2,1-3H3,(H3,17,18,20,21). The Hall–Kier alpha value is -2.19. The van der Waals surface area contributed by atoms with Gasteiger partial charge in [-0.3, -0.25) is 9.58 Å². The molecule has 0 radical (unpaired) electrons. The third-order valence-corrected chi connectivity index (χ3v) is 4.96. The van der Waals surface area contributed by atoms with Crippen LogP contribution < -0.4 is 11.1 Å². The van der Waals surface area contributed by atoms with Gasteiger partial charge >= 0.3 is 0 Å². The van der Waals surface area contributed by atoms with Crippen molar-refractivity contribution in [2.24, 2.45) is 7.05 Å². The number of likely N-dealkylation sites (N-methyl/N-ethyl adjacent to an activating group) is 1. The van der Waals surface area contributed by atoms with E-state index < -0.39 is 0 Å². The van der Waals surface area contributed by atoms with Crippen LogP contribution in [0.3, 0.4) is 0 Å². The van der Waals surface area contributed by atoms with E-state index in [4.69, 9.17) is 5.73 Å². The smallest absolute Gasteiger partial charge is 0.226 e. The molecule has 0 aliphatic heterocycles. The van der Waals surface area contributed by atoms with E-state index in [2.05, 4.69) is 56.0 Å². The summed E-state index contributed by atoms with van der Waals surface area (Å²) >= 11 is 1.72. The summed E-state index contributed by atoms with van der Waals surface area (Å²) in [6.45, 7) is 7.06. The van der Waals surface area contributed by atoms with E-state index in [9.17, 15) is 0 Å². The van der Waals surface area contributed by atoms with Crippen LogP contribution in [-0.4, -0.2) is 44.3 Å². The van der Waals surface area contributed by atoms with Crippen molar-refractivity contribution in [1.82, 2.24) is 24.6 Å². The van der Waals surface area contributed by atoms with Crippen molar-refractivity contribution in [3.63, 3.8) is 0 Å². The first-order chi connectivity index (χ1) is 11.6. The van der Waals surface area contributed by atoms with Crippen LogP contribution >= 0.6 is 11.3 Å². The van der Waals surface area contributed by atoms with Gasteiger partial charge in [0.1, 0.15) is 5.82 Å². The molecule has 0 amide bonds. The van der Waals surface area contributed by atoms with Crippen LogP contribution in [0.25, 0.3) is 11.0 Å². The van der Waals surface area contributed by atoms with E-state index in [1.165, 1.54) is 5.56 Å². The maximum atomic E-state index is 6.03. The number of nitrogens with zero attached hydrogens (tertiary/aromatic N) is 5. The molecule has 128 valence electrons. The number of thiophene rings is 1. The second-order valence-electron chi connectivity index (χ2n) is 5.61. The number of nitrogens with two attached hydrogens (primary N) is 1. The van der Waals surface area contributed by atoms with Gasteiger partial charge in [-0.2, -0.15) is 26.4 Å². The molecule has 0 saturated heterocycles. The molecular weight excluding hydrogens is 322 g/mol. The van der Waals surface area contributed by atoms with Crippen LogP contribution in [0.1, 0.15) is 25.5 Å². The zero-order chi connectivity index (χ0) is 17.1. The monoisotopic (exact) mass is 345 g/mol. The highest BCUT2D eigenvalue weighted by Crippen LogP contribution is 2.24. The lowest BCUT2D eigenvalue weighted by atomic mass is 10.1. The van der Waals surface area contributed by atoms with E-state index in [0.717, 1.165) is 30.7 Å². The molecule has 3 N–H and O–H groups in total. The maximum Gasteiger partial charge on any atom is 0.226 e. The number of fused-ring (bicyclic) bond motifs is 1. The average molecular weight is 345 g/mol. The minimum Gasteiger partial charge on any atom is -0.383 e.